The molecule has 6 heteroatoms. The van der Waals surface area contributed by atoms with Gasteiger partial charge < -0.3 is 10.5 Å². The summed E-state index contributed by atoms with van der Waals surface area (Å²) in [4.78, 5) is 0.296. The van der Waals surface area contributed by atoms with Crippen LogP contribution in [0.15, 0.2) is 17.0 Å². The molecule has 0 saturated heterocycles. The zero-order valence-corrected chi connectivity index (χ0v) is 15.8. The molecule has 3 N–H and O–H groups in total. The molecule has 0 radical (unpaired) electrons. The Labute approximate surface area is 140 Å². The van der Waals surface area contributed by atoms with E-state index in [9.17, 15) is 8.42 Å². The maximum absolute atomic E-state index is 12.8. The van der Waals surface area contributed by atoms with E-state index in [0.29, 0.717) is 28.5 Å². The van der Waals surface area contributed by atoms with Crippen LogP contribution in [-0.4, -0.2) is 28.1 Å². The molecule has 132 valence electrons. The molecule has 0 amide bonds. The zero-order valence-electron chi connectivity index (χ0n) is 15.0. The number of aryl methyl sites for hydroxylation is 1. The molecule has 1 unspecified atom stereocenters. The first-order valence-electron chi connectivity index (χ1n) is 8.03. The summed E-state index contributed by atoms with van der Waals surface area (Å²) in [6, 6.07) is 3.23. The Morgan fingerprint density at radius 2 is 1.83 bits per heavy atom. The average molecular weight is 343 g/mol. The molecule has 23 heavy (non-hydrogen) atoms. The summed E-state index contributed by atoms with van der Waals surface area (Å²) < 4.78 is 33.7. The van der Waals surface area contributed by atoms with Gasteiger partial charge in [0.25, 0.3) is 0 Å². The average Bonchev–Trinajstić information content (AvgIpc) is 2.44. The van der Waals surface area contributed by atoms with E-state index in [1.54, 1.807) is 26.2 Å². The number of nitrogens with one attached hydrogen (secondary N) is 1. The van der Waals surface area contributed by atoms with Crippen molar-refractivity contribution in [1.29, 1.82) is 0 Å². The minimum atomic E-state index is -3.61. The van der Waals surface area contributed by atoms with Gasteiger partial charge in [-0.3, -0.25) is 0 Å². The van der Waals surface area contributed by atoms with Crippen LogP contribution >= 0.6 is 0 Å². The van der Waals surface area contributed by atoms with Crippen LogP contribution in [0.25, 0.3) is 0 Å². The Kier molecular flexibility index (Phi) is 7.04. The lowest BCUT2D eigenvalue weighted by Gasteiger charge is -2.21. The molecule has 0 aliphatic carbocycles. The van der Waals surface area contributed by atoms with Crippen LogP contribution in [0.2, 0.25) is 0 Å². The Morgan fingerprint density at radius 1 is 1.22 bits per heavy atom. The van der Waals surface area contributed by atoms with Crippen molar-refractivity contribution in [2.45, 2.75) is 57.9 Å². The van der Waals surface area contributed by atoms with E-state index < -0.39 is 10.0 Å². The third-order valence-electron chi connectivity index (χ3n) is 3.80. The van der Waals surface area contributed by atoms with Gasteiger partial charge >= 0.3 is 0 Å². The first-order chi connectivity index (χ1) is 10.6. The molecule has 0 aliphatic rings. The molecule has 0 fully saturated rings. The molecular formula is C17H30N2O3S. The number of hydrogen-bond donors (Lipinski definition) is 2. The second-order valence-electron chi connectivity index (χ2n) is 6.70. The minimum Gasteiger partial charge on any atom is -0.496 e. The molecule has 0 aromatic heterocycles. The minimum absolute atomic E-state index is 0.167. The van der Waals surface area contributed by atoms with Crippen molar-refractivity contribution in [3.05, 3.63) is 23.3 Å². The molecule has 0 heterocycles. The van der Waals surface area contributed by atoms with E-state index in [4.69, 9.17) is 10.5 Å². The predicted octanol–water partition coefficient (Wildman–Crippen LogP) is 2.78. The Bertz CT molecular complexity index is 625. The number of hydrogen-bond acceptors (Lipinski definition) is 4. The first kappa shape index (κ1) is 19.9. The summed E-state index contributed by atoms with van der Waals surface area (Å²) in [6.07, 6.45) is 0.710. The van der Waals surface area contributed by atoms with E-state index in [1.807, 2.05) is 27.7 Å². The maximum Gasteiger partial charge on any atom is 0.241 e. The standard InChI is InChI=1S/C17H30N2O3S/c1-11(2)7-14(10-18)19-23(20,21)17-9-15(12(3)4)16(22-6)8-13(17)5/h8-9,11-12,14,19H,7,10,18H2,1-6H3. The maximum atomic E-state index is 12.8. The van der Waals surface area contributed by atoms with Gasteiger partial charge in [-0.15, -0.1) is 0 Å². The van der Waals surface area contributed by atoms with Gasteiger partial charge in [-0.1, -0.05) is 27.7 Å². The van der Waals surface area contributed by atoms with Crippen molar-refractivity contribution in [1.82, 2.24) is 4.72 Å². The highest BCUT2D eigenvalue weighted by Crippen LogP contribution is 2.31. The molecule has 0 saturated carbocycles. The third kappa shape index (κ3) is 5.19. The normalized spacial score (nSPS) is 13.6. The Morgan fingerprint density at radius 3 is 2.26 bits per heavy atom. The van der Waals surface area contributed by atoms with Gasteiger partial charge in [0.15, 0.2) is 0 Å². The molecule has 0 aliphatic heterocycles. The predicted molar refractivity (Wildman–Crippen MR) is 94.4 cm³/mol. The van der Waals surface area contributed by atoms with Gasteiger partial charge in [-0.2, -0.15) is 0 Å². The largest absolute Gasteiger partial charge is 0.496 e. The van der Waals surface area contributed by atoms with Crippen LogP contribution in [0.1, 0.15) is 51.2 Å². The molecular weight excluding hydrogens is 312 g/mol. The highest BCUT2D eigenvalue weighted by atomic mass is 32.2. The number of methoxy groups -OCH3 is 1. The lowest BCUT2D eigenvalue weighted by atomic mass is 10.0. The summed E-state index contributed by atoms with van der Waals surface area (Å²) in [6.45, 7) is 10.2. The lowest BCUT2D eigenvalue weighted by molar-refractivity contribution is 0.406. The fourth-order valence-electron chi connectivity index (χ4n) is 2.64. The van der Waals surface area contributed by atoms with Gasteiger partial charge in [-0.25, -0.2) is 13.1 Å². The van der Waals surface area contributed by atoms with Crippen LogP contribution in [0.3, 0.4) is 0 Å². The fourth-order valence-corrected chi connectivity index (χ4v) is 4.16. The molecule has 1 atom stereocenters. The molecule has 5 nitrogen and oxygen atoms in total. The van der Waals surface area contributed by atoms with Crippen molar-refractivity contribution in [2.75, 3.05) is 13.7 Å². The first-order valence-corrected chi connectivity index (χ1v) is 9.51. The van der Waals surface area contributed by atoms with E-state index in [0.717, 1.165) is 5.56 Å². The highest BCUT2D eigenvalue weighted by Gasteiger charge is 2.24. The van der Waals surface area contributed by atoms with E-state index in [-0.39, 0.29) is 18.5 Å². The van der Waals surface area contributed by atoms with Crippen molar-refractivity contribution < 1.29 is 13.2 Å². The van der Waals surface area contributed by atoms with Crippen LogP contribution in [-0.2, 0) is 10.0 Å². The van der Waals surface area contributed by atoms with Gasteiger partial charge in [0.05, 0.1) is 12.0 Å². The topological polar surface area (TPSA) is 81.4 Å². The molecule has 1 aromatic rings. The van der Waals surface area contributed by atoms with E-state index in [2.05, 4.69) is 4.72 Å². The van der Waals surface area contributed by atoms with Crippen LogP contribution in [0, 0.1) is 12.8 Å². The summed E-state index contributed by atoms with van der Waals surface area (Å²) >= 11 is 0. The van der Waals surface area contributed by atoms with Crippen LogP contribution < -0.4 is 15.2 Å². The molecule has 0 bridgehead atoms. The van der Waals surface area contributed by atoms with Crippen molar-refractivity contribution in [2.24, 2.45) is 11.7 Å². The van der Waals surface area contributed by atoms with Crippen molar-refractivity contribution in [3.63, 3.8) is 0 Å². The van der Waals surface area contributed by atoms with Gasteiger partial charge in [0.1, 0.15) is 5.75 Å². The number of rotatable bonds is 8. The van der Waals surface area contributed by atoms with Gasteiger partial charge in [-0.05, 0) is 48.4 Å². The monoisotopic (exact) mass is 342 g/mol. The number of nitrogens with two attached hydrogens (primary N) is 1. The third-order valence-corrected chi connectivity index (χ3v) is 5.46. The Balaban J connectivity index is 3.24. The second-order valence-corrected chi connectivity index (χ2v) is 8.38. The van der Waals surface area contributed by atoms with Crippen LogP contribution in [0.4, 0.5) is 0 Å². The number of sulfonamides is 1. The molecule has 1 rings (SSSR count). The molecule has 0 spiro atoms. The van der Waals surface area contributed by atoms with E-state index >= 15 is 0 Å². The summed E-state index contributed by atoms with van der Waals surface area (Å²) in [5, 5.41) is 0. The van der Waals surface area contributed by atoms with Crippen molar-refractivity contribution >= 4 is 10.0 Å². The van der Waals surface area contributed by atoms with Gasteiger partial charge in [0, 0.05) is 12.6 Å². The summed E-state index contributed by atoms with van der Waals surface area (Å²) in [5.41, 5.74) is 7.27. The SMILES string of the molecule is COc1cc(C)c(S(=O)(=O)NC(CN)CC(C)C)cc1C(C)C. The smallest absolute Gasteiger partial charge is 0.241 e. The highest BCUT2D eigenvalue weighted by molar-refractivity contribution is 7.89. The second kappa shape index (κ2) is 8.13. The zero-order chi connectivity index (χ0) is 17.8. The number of benzene rings is 1. The fraction of sp³-hybridized carbons (Fsp3) is 0.647. The number of ether oxygens (including phenoxy) is 1. The van der Waals surface area contributed by atoms with Crippen LogP contribution in [0.5, 0.6) is 5.75 Å². The summed E-state index contributed by atoms with van der Waals surface area (Å²) in [7, 11) is -2.02. The quantitative estimate of drug-likeness (QED) is 0.761. The van der Waals surface area contributed by atoms with Crippen molar-refractivity contribution in [3.8, 4) is 5.75 Å². The lowest BCUT2D eigenvalue weighted by Crippen LogP contribution is -2.41. The Hall–Kier alpha value is -1.11. The van der Waals surface area contributed by atoms with E-state index in [1.165, 1.54) is 0 Å². The molecule has 1 aromatic carbocycles. The van der Waals surface area contributed by atoms with Gasteiger partial charge in [0.2, 0.25) is 10.0 Å². The summed E-state index contributed by atoms with van der Waals surface area (Å²) in [5.74, 6) is 1.25.